The largest absolute Gasteiger partial charge is 0.465 e. The number of rotatable bonds is 8. The van der Waals surface area contributed by atoms with Crippen LogP contribution in [0.5, 0.6) is 0 Å². The smallest absolute Gasteiger partial charge is 0.337 e. The maximum atomic E-state index is 11.5. The fourth-order valence-corrected chi connectivity index (χ4v) is 2.87. The Morgan fingerprint density at radius 3 is 2.54 bits per heavy atom. The van der Waals surface area contributed by atoms with Crippen LogP contribution in [0.4, 0.5) is 0 Å². The van der Waals surface area contributed by atoms with Crippen LogP contribution in [0.1, 0.15) is 47.9 Å². The molecule has 0 aliphatic heterocycles. The van der Waals surface area contributed by atoms with Gasteiger partial charge in [-0.1, -0.05) is 35.9 Å². The van der Waals surface area contributed by atoms with Crippen molar-refractivity contribution in [3.8, 4) is 0 Å². The number of carbonyl (C=O) groups excluding carboxylic acids is 1. The van der Waals surface area contributed by atoms with Gasteiger partial charge in [-0.25, -0.2) is 4.79 Å². The summed E-state index contributed by atoms with van der Waals surface area (Å²) < 4.78 is 4.71. The number of methoxy groups -OCH3 is 1. The molecule has 0 aliphatic rings. The highest BCUT2D eigenvalue weighted by atomic mass is 35.5. The number of aliphatic hydroxyl groups excluding tert-OH is 1. The van der Waals surface area contributed by atoms with Crippen molar-refractivity contribution in [2.45, 2.75) is 38.3 Å². The molecule has 1 atom stereocenters. The fraction of sp³-hybridized carbons (Fsp3) is 0.381. The molecule has 0 spiro atoms. The molecule has 2 aromatic rings. The average molecular weight is 376 g/mol. The number of nitrogens with one attached hydrogen (secondary N) is 1. The van der Waals surface area contributed by atoms with E-state index in [2.05, 4.69) is 19.2 Å². The SMILES string of the molecule is COC(=O)c1ccc(CCC(C)(C)NCC(O)c2cccc(Cl)c2)cc1. The van der Waals surface area contributed by atoms with Gasteiger partial charge in [0.15, 0.2) is 0 Å². The van der Waals surface area contributed by atoms with Gasteiger partial charge in [0.2, 0.25) is 0 Å². The van der Waals surface area contributed by atoms with E-state index in [1.54, 1.807) is 24.3 Å². The maximum Gasteiger partial charge on any atom is 0.337 e. The van der Waals surface area contributed by atoms with Gasteiger partial charge in [-0.2, -0.15) is 0 Å². The van der Waals surface area contributed by atoms with Gasteiger partial charge in [0, 0.05) is 17.1 Å². The first-order valence-corrected chi connectivity index (χ1v) is 9.04. The number of carbonyl (C=O) groups is 1. The topological polar surface area (TPSA) is 58.6 Å². The van der Waals surface area contributed by atoms with E-state index in [0.29, 0.717) is 17.1 Å². The summed E-state index contributed by atoms with van der Waals surface area (Å²) in [4.78, 5) is 11.5. The summed E-state index contributed by atoms with van der Waals surface area (Å²) in [5, 5.41) is 14.4. The standard InChI is InChI=1S/C21H26ClNO3/c1-21(2,23-14-19(24)17-5-4-6-18(22)13-17)12-11-15-7-9-16(10-8-15)20(25)26-3/h4-10,13,19,23-24H,11-12,14H2,1-3H3. The maximum absolute atomic E-state index is 11.5. The van der Waals surface area contributed by atoms with Gasteiger partial charge < -0.3 is 15.2 Å². The van der Waals surface area contributed by atoms with Gasteiger partial charge >= 0.3 is 5.97 Å². The number of ether oxygens (including phenoxy) is 1. The number of halogens is 1. The molecule has 0 aromatic heterocycles. The molecular weight excluding hydrogens is 350 g/mol. The molecule has 2 N–H and O–H groups in total. The van der Waals surface area contributed by atoms with Crippen LogP contribution in [0.2, 0.25) is 5.02 Å². The average Bonchev–Trinajstić information content (AvgIpc) is 2.64. The predicted octanol–water partition coefficient (Wildman–Crippen LogP) is 4.16. The van der Waals surface area contributed by atoms with Crippen LogP contribution in [-0.2, 0) is 11.2 Å². The van der Waals surface area contributed by atoms with Gasteiger partial charge in [0.1, 0.15) is 0 Å². The lowest BCUT2D eigenvalue weighted by atomic mass is 9.94. The molecule has 0 radical (unpaired) electrons. The molecule has 0 heterocycles. The van der Waals surface area contributed by atoms with Crippen molar-refractivity contribution in [2.24, 2.45) is 0 Å². The molecule has 2 aromatic carbocycles. The van der Waals surface area contributed by atoms with E-state index in [0.717, 1.165) is 24.0 Å². The van der Waals surface area contributed by atoms with Crippen molar-refractivity contribution in [1.29, 1.82) is 0 Å². The van der Waals surface area contributed by atoms with Gasteiger partial charge in [0.25, 0.3) is 0 Å². The molecule has 0 fully saturated rings. The number of benzene rings is 2. The third kappa shape index (κ3) is 6.13. The number of hydrogen-bond acceptors (Lipinski definition) is 4. The van der Waals surface area contributed by atoms with E-state index in [1.807, 2.05) is 24.3 Å². The van der Waals surface area contributed by atoms with Gasteiger partial charge in [-0.3, -0.25) is 0 Å². The minimum absolute atomic E-state index is 0.138. The molecule has 0 bridgehead atoms. The van der Waals surface area contributed by atoms with E-state index in [4.69, 9.17) is 16.3 Å². The zero-order valence-electron chi connectivity index (χ0n) is 15.5. The summed E-state index contributed by atoms with van der Waals surface area (Å²) >= 11 is 5.98. The Morgan fingerprint density at radius 2 is 1.92 bits per heavy atom. The minimum Gasteiger partial charge on any atom is -0.465 e. The molecule has 5 heteroatoms. The molecule has 140 valence electrons. The second-order valence-electron chi connectivity index (χ2n) is 7.02. The lowest BCUT2D eigenvalue weighted by molar-refractivity contribution is 0.0600. The van der Waals surface area contributed by atoms with E-state index < -0.39 is 6.10 Å². The third-order valence-corrected chi connectivity index (χ3v) is 4.66. The molecular formula is C21H26ClNO3. The molecule has 1 unspecified atom stereocenters. The van der Waals surface area contributed by atoms with E-state index in [-0.39, 0.29) is 11.5 Å². The Hall–Kier alpha value is -1.88. The molecule has 2 rings (SSSR count). The van der Waals surface area contributed by atoms with E-state index in [1.165, 1.54) is 7.11 Å². The summed E-state index contributed by atoms with van der Waals surface area (Å²) in [7, 11) is 1.38. The lowest BCUT2D eigenvalue weighted by Gasteiger charge is -2.28. The van der Waals surface area contributed by atoms with Crippen LogP contribution < -0.4 is 5.32 Å². The molecule has 0 amide bonds. The van der Waals surface area contributed by atoms with Crippen molar-refractivity contribution in [3.63, 3.8) is 0 Å². The monoisotopic (exact) mass is 375 g/mol. The zero-order valence-corrected chi connectivity index (χ0v) is 16.2. The highest BCUT2D eigenvalue weighted by Gasteiger charge is 2.19. The molecule has 26 heavy (non-hydrogen) atoms. The molecule has 0 saturated carbocycles. The Bertz CT molecular complexity index is 728. The van der Waals surface area contributed by atoms with Crippen LogP contribution in [0.3, 0.4) is 0 Å². The first kappa shape index (κ1) is 20.4. The second kappa shape index (κ2) is 9.17. The molecule has 0 aliphatic carbocycles. The van der Waals surface area contributed by atoms with Crippen molar-refractivity contribution >= 4 is 17.6 Å². The van der Waals surface area contributed by atoms with Crippen LogP contribution in [-0.4, -0.2) is 30.3 Å². The minimum atomic E-state index is -0.604. The first-order valence-electron chi connectivity index (χ1n) is 8.66. The van der Waals surface area contributed by atoms with E-state index in [9.17, 15) is 9.90 Å². The summed E-state index contributed by atoms with van der Waals surface area (Å²) in [5.41, 5.74) is 2.38. The summed E-state index contributed by atoms with van der Waals surface area (Å²) in [5.74, 6) is -0.325. The number of esters is 1. The van der Waals surface area contributed by atoms with Crippen molar-refractivity contribution < 1.29 is 14.6 Å². The normalized spacial score (nSPS) is 12.7. The second-order valence-corrected chi connectivity index (χ2v) is 7.46. The third-order valence-electron chi connectivity index (χ3n) is 4.42. The van der Waals surface area contributed by atoms with E-state index >= 15 is 0 Å². The highest BCUT2D eigenvalue weighted by molar-refractivity contribution is 6.30. The molecule has 4 nitrogen and oxygen atoms in total. The van der Waals surface area contributed by atoms with Gasteiger partial charge in [0.05, 0.1) is 18.8 Å². The van der Waals surface area contributed by atoms with Gasteiger partial charge in [-0.15, -0.1) is 0 Å². The van der Waals surface area contributed by atoms with Crippen molar-refractivity contribution in [3.05, 3.63) is 70.2 Å². The molecule has 0 saturated heterocycles. The van der Waals surface area contributed by atoms with Crippen molar-refractivity contribution in [1.82, 2.24) is 5.32 Å². The van der Waals surface area contributed by atoms with Crippen LogP contribution in [0.15, 0.2) is 48.5 Å². The first-order chi connectivity index (χ1) is 12.3. The quantitative estimate of drug-likeness (QED) is 0.680. The Balaban J connectivity index is 1.85. The predicted molar refractivity (Wildman–Crippen MR) is 105 cm³/mol. The fourth-order valence-electron chi connectivity index (χ4n) is 2.68. The van der Waals surface area contributed by atoms with Crippen molar-refractivity contribution in [2.75, 3.05) is 13.7 Å². The summed E-state index contributed by atoms with van der Waals surface area (Å²) in [6.45, 7) is 4.68. The highest BCUT2D eigenvalue weighted by Crippen LogP contribution is 2.19. The Morgan fingerprint density at radius 1 is 1.23 bits per heavy atom. The van der Waals surface area contributed by atoms with Crippen LogP contribution in [0.25, 0.3) is 0 Å². The van der Waals surface area contributed by atoms with Gasteiger partial charge in [-0.05, 0) is 62.1 Å². The van der Waals surface area contributed by atoms with Crippen LogP contribution >= 0.6 is 11.6 Å². The summed E-state index contributed by atoms with van der Waals surface area (Å²) in [6, 6.07) is 14.7. The zero-order chi connectivity index (χ0) is 19.2. The Kier molecular flexibility index (Phi) is 7.21. The lowest BCUT2D eigenvalue weighted by Crippen LogP contribution is -2.42. The number of aryl methyl sites for hydroxylation is 1. The number of aliphatic hydroxyl groups is 1. The number of β-amino-alcohol motifs (C(OH)–C–C–N with tert-alkyl or cyclic N) is 1. The van der Waals surface area contributed by atoms with Crippen LogP contribution in [0, 0.1) is 0 Å². The summed E-state index contributed by atoms with van der Waals surface area (Å²) in [6.07, 6.45) is 1.16. The number of hydrogen-bond donors (Lipinski definition) is 2. The Labute approximate surface area is 160 Å².